The maximum absolute atomic E-state index is 11.1. The summed E-state index contributed by atoms with van der Waals surface area (Å²) in [5.74, 6) is 0.658. The van der Waals surface area contributed by atoms with E-state index in [0.717, 1.165) is 0 Å². The average Bonchev–Trinajstić information content (AvgIpc) is 2.27. The van der Waals surface area contributed by atoms with E-state index in [9.17, 15) is 13.2 Å². The molecule has 0 aromatic heterocycles. The molecule has 2 nitrogen and oxygen atoms in total. The Morgan fingerprint density at radius 3 is 1.28 bits per heavy atom. The van der Waals surface area contributed by atoms with Gasteiger partial charge >= 0.3 is 0 Å². The van der Waals surface area contributed by atoms with Crippen molar-refractivity contribution in [2.24, 2.45) is 11.8 Å². The van der Waals surface area contributed by atoms with Crippen molar-refractivity contribution in [3.8, 4) is 0 Å². The molecule has 0 fully saturated rings. The molecule has 0 saturated carbocycles. The summed E-state index contributed by atoms with van der Waals surface area (Å²) in [6, 6.07) is 0. The number of rotatable bonds is 6. The summed E-state index contributed by atoms with van der Waals surface area (Å²) in [6.45, 7) is 10.2. The van der Waals surface area contributed by atoms with E-state index in [0.29, 0.717) is 12.5 Å². The van der Waals surface area contributed by atoms with Gasteiger partial charge in [-0.15, -0.1) is 0 Å². The minimum absolute atomic E-state index is 0.0231. The van der Waals surface area contributed by atoms with E-state index >= 15 is 0 Å². The summed E-state index contributed by atoms with van der Waals surface area (Å²) in [5.41, 5.74) is 0. The van der Waals surface area contributed by atoms with Crippen LogP contribution >= 0.6 is 0 Å². The Hall–Kier alpha value is -0.290. The van der Waals surface area contributed by atoms with Crippen LogP contribution in [-0.4, -0.2) is 33.1 Å². The molecule has 114 valence electrons. The van der Waals surface area contributed by atoms with Crippen LogP contribution in [0.3, 0.4) is 0 Å². The van der Waals surface area contributed by atoms with E-state index in [4.69, 9.17) is 0 Å². The minimum Gasteiger partial charge on any atom is -0.350 e. The molecule has 0 unspecified atom stereocenters. The van der Waals surface area contributed by atoms with Crippen molar-refractivity contribution in [1.82, 2.24) is 0 Å². The van der Waals surface area contributed by atoms with Crippen LogP contribution in [0.2, 0.25) is 0 Å². The van der Waals surface area contributed by atoms with Crippen LogP contribution in [0.15, 0.2) is 0 Å². The molecule has 0 saturated heterocycles. The zero-order valence-corrected chi connectivity index (χ0v) is 12.5. The lowest BCUT2D eigenvalue weighted by Gasteiger charge is -1.99. The molecule has 0 bridgehead atoms. The number of halogens is 3. The third kappa shape index (κ3) is 44.8. The molecule has 0 aliphatic heterocycles. The summed E-state index contributed by atoms with van der Waals surface area (Å²) < 4.78 is 42.1. The Labute approximate surface area is 110 Å². The first-order chi connectivity index (χ1) is 8.31. The van der Waals surface area contributed by atoms with Crippen molar-refractivity contribution in [2.75, 3.05) is 27.0 Å². The second-order valence-electron chi connectivity index (χ2n) is 4.75. The maximum Gasteiger partial charge on any atom is 0.188 e. The molecule has 0 radical (unpaired) electrons. The SMILES string of the molecule is CC(C)COC[18F].CC(C)C[18F].CC(C)OC[18F]. The van der Waals surface area contributed by atoms with E-state index in [1.165, 1.54) is 0 Å². The molecule has 0 atom stereocenters. The van der Waals surface area contributed by atoms with Gasteiger partial charge in [-0.3, -0.25) is 4.39 Å². The Bertz CT molecular complexity index is 131. The van der Waals surface area contributed by atoms with Crippen molar-refractivity contribution < 1.29 is 22.6 Å². The van der Waals surface area contributed by atoms with Crippen molar-refractivity contribution in [2.45, 2.75) is 47.6 Å². The number of hydrogen-bond acceptors (Lipinski definition) is 2. The molecule has 18 heavy (non-hydrogen) atoms. The van der Waals surface area contributed by atoms with Gasteiger partial charge in [0.05, 0.1) is 19.4 Å². The predicted octanol–water partition coefficient (Wildman–Crippen LogP) is 4.54. The zero-order chi connectivity index (χ0) is 15.0. The van der Waals surface area contributed by atoms with Crippen LogP contribution in [0, 0.1) is 11.8 Å². The van der Waals surface area contributed by atoms with E-state index < -0.39 is 13.7 Å². The fourth-order valence-corrected chi connectivity index (χ4v) is 0.406. The molecule has 0 aliphatic rings. The highest BCUT2D eigenvalue weighted by Gasteiger charge is 1.89. The van der Waals surface area contributed by atoms with Gasteiger partial charge in [0.2, 0.25) is 0 Å². The van der Waals surface area contributed by atoms with E-state index in [1.54, 1.807) is 13.8 Å². The normalized spacial score (nSPS) is 10.0. The van der Waals surface area contributed by atoms with Gasteiger partial charge in [0.15, 0.2) is 13.7 Å². The minimum atomic E-state index is -0.669. The van der Waals surface area contributed by atoms with Gasteiger partial charge in [-0.25, -0.2) is 8.78 Å². The summed E-state index contributed by atoms with van der Waals surface area (Å²) in [7, 11) is 0. The topological polar surface area (TPSA) is 18.5 Å². The average molecular weight is 271 g/mol. The van der Waals surface area contributed by atoms with Gasteiger partial charge in [-0.1, -0.05) is 27.7 Å². The zero-order valence-electron chi connectivity index (χ0n) is 12.5. The van der Waals surface area contributed by atoms with Crippen LogP contribution < -0.4 is 0 Å². The largest absolute Gasteiger partial charge is 0.350 e. The molecule has 0 heterocycles. The second-order valence-corrected chi connectivity index (χ2v) is 4.75. The molecular weight excluding hydrogens is 242 g/mol. The van der Waals surface area contributed by atoms with Crippen LogP contribution in [0.4, 0.5) is 13.2 Å². The summed E-state index contributed by atoms with van der Waals surface area (Å²) in [5, 5.41) is 0. The van der Waals surface area contributed by atoms with E-state index in [1.807, 2.05) is 27.7 Å². The van der Waals surface area contributed by atoms with Gasteiger partial charge in [0, 0.05) is 0 Å². The molecule has 0 N–H and O–H groups in total. The monoisotopic (exact) mass is 271 g/mol. The molecular formula is C13H29F3O2. The van der Waals surface area contributed by atoms with Gasteiger partial charge in [-0.2, -0.15) is 0 Å². The highest BCUT2D eigenvalue weighted by molar-refractivity contribution is 4.35. The van der Waals surface area contributed by atoms with Crippen LogP contribution in [0.5, 0.6) is 0 Å². The Balaban J connectivity index is -0.000000190. The first-order valence-electron chi connectivity index (χ1n) is 6.18. The first-order valence-corrected chi connectivity index (χ1v) is 6.18. The Morgan fingerprint density at radius 2 is 1.22 bits per heavy atom. The lowest BCUT2D eigenvalue weighted by Crippen LogP contribution is -1.99. The van der Waals surface area contributed by atoms with Crippen molar-refractivity contribution in [1.29, 1.82) is 0 Å². The smallest absolute Gasteiger partial charge is 0.188 e. The highest BCUT2D eigenvalue weighted by atomic mass is 18.2. The molecule has 0 spiro atoms. The predicted molar refractivity (Wildman–Crippen MR) is 69.8 cm³/mol. The number of hydrogen-bond donors (Lipinski definition) is 0. The Kier molecular flexibility index (Phi) is 24.2. The van der Waals surface area contributed by atoms with E-state index in [-0.39, 0.29) is 18.7 Å². The summed E-state index contributed by atoms with van der Waals surface area (Å²) in [6.07, 6.45) is 0.0231. The fourth-order valence-electron chi connectivity index (χ4n) is 0.406. The fraction of sp³-hybridized carbons (Fsp3) is 1.00. The second kappa shape index (κ2) is 19.1. The van der Waals surface area contributed by atoms with Gasteiger partial charge < -0.3 is 9.47 Å². The first kappa shape index (κ1) is 22.9. The molecule has 0 aromatic rings. The van der Waals surface area contributed by atoms with Crippen molar-refractivity contribution in [3.05, 3.63) is 0 Å². The lowest BCUT2D eigenvalue weighted by molar-refractivity contribution is 0.0152. The summed E-state index contributed by atoms with van der Waals surface area (Å²) in [4.78, 5) is 0. The summed E-state index contributed by atoms with van der Waals surface area (Å²) >= 11 is 0. The van der Waals surface area contributed by atoms with Crippen molar-refractivity contribution in [3.63, 3.8) is 0 Å². The van der Waals surface area contributed by atoms with Crippen molar-refractivity contribution >= 4 is 0 Å². The molecule has 0 aliphatic carbocycles. The standard InChI is InChI=1S/C5H11FO.C4H9FO.C4H9F/c1-5(2)3-7-4-6;1-4(2)6-3-5;1-4(2)3-5/h5H,3-4H2,1-2H3;4H,3H2,1-2H3;4H,3H2,1-2H3/i6-1;2*5-1. The molecule has 0 amide bonds. The maximum atomic E-state index is 11.1. The third-order valence-electron chi connectivity index (χ3n) is 1.23. The van der Waals surface area contributed by atoms with Gasteiger partial charge in [0.25, 0.3) is 0 Å². The molecule has 5 heteroatoms. The Morgan fingerprint density at radius 1 is 0.778 bits per heavy atom. The highest BCUT2D eigenvalue weighted by Crippen LogP contribution is 1.90. The van der Waals surface area contributed by atoms with Crippen LogP contribution in [0.25, 0.3) is 0 Å². The number of ether oxygens (including phenoxy) is 2. The van der Waals surface area contributed by atoms with Crippen LogP contribution in [-0.2, 0) is 9.47 Å². The van der Waals surface area contributed by atoms with Crippen LogP contribution in [0.1, 0.15) is 41.5 Å². The quantitative estimate of drug-likeness (QED) is 0.706. The third-order valence-corrected chi connectivity index (χ3v) is 1.23. The number of alkyl halides is 3. The van der Waals surface area contributed by atoms with Gasteiger partial charge in [0.1, 0.15) is 0 Å². The van der Waals surface area contributed by atoms with E-state index in [2.05, 4.69) is 9.47 Å². The molecule has 0 rings (SSSR count). The lowest BCUT2D eigenvalue weighted by atomic mass is 10.2. The molecule has 0 aromatic carbocycles. The van der Waals surface area contributed by atoms with Gasteiger partial charge in [-0.05, 0) is 25.7 Å².